The van der Waals surface area contributed by atoms with Gasteiger partial charge in [-0.3, -0.25) is 4.79 Å². The highest BCUT2D eigenvalue weighted by Gasteiger charge is 2.35. The highest BCUT2D eigenvalue weighted by molar-refractivity contribution is 6.30. The second-order valence-electron chi connectivity index (χ2n) is 5.67. The molecule has 7 heteroatoms. The fourth-order valence-electron chi connectivity index (χ4n) is 2.38. The lowest BCUT2D eigenvalue weighted by atomic mass is 9.95. The van der Waals surface area contributed by atoms with E-state index < -0.39 is 28.8 Å². The van der Waals surface area contributed by atoms with Gasteiger partial charge in [0.2, 0.25) is 0 Å². The predicted molar refractivity (Wildman–Crippen MR) is 89.6 cm³/mol. The van der Waals surface area contributed by atoms with E-state index in [-0.39, 0.29) is 6.54 Å². The summed E-state index contributed by atoms with van der Waals surface area (Å²) in [7, 11) is 1.46. The Labute approximate surface area is 148 Å². The number of benzene rings is 2. The van der Waals surface area contributed by atoms with E-state index in [9.17, 15) is 18.0 Å². The van der Waals surface area contributed by atoms with Crippen molar-refractivity contribution in [3.05, 3.63) is 70.2 Å². The van der Waals surface area contributed by atoms with E-state index in [0.29, 0.717) is 10.6 Å². The number of hydrogen-bond donors (Lipinski definition) is 1. The first-order valence-corrected chi connectivity index (χ1v) is 7.81. The molecule has 2 aromatic carbocycles. The van der Waals surface area contributed by atoms with Gasteiger partial charge in [0, 0.05) is 12.1 Å². The molecule has 0 aliphatic carbocycles. The smallest absolute Gasteiger partial charge is 0.372 e. The van der Waals surface area contributed by atoms with Gasteiger partial charge in [-0.25, -0.2) is 0 Å². The Morgan fingerprint density at radius 1 is 1.16 bits per heavy atom. The van der Waals surface area contributed by atoms with Gasteiger partial charge in [0.1, 0.15) is 5.60 Å². The Balaban J connectivity index is 2.21. The van der Waals surface area contributed by atoms with Gasteiger partial charge in [-0.1, -0.05) is 35.9 Å². The van der Waals surface area contributed by atoms with Crippen molar-refractivity contribution in [3.8, 4) is 0 Å². The lowest BCUT2D eigenvalue weighted by Crippen LogP contribution is -2.40. The number of carbonyl (C=O) groups is 1. The van der Waals surface area contributed by atoms with Crippen LogP contribution in [0.4, 0.5) is 13.2 Å². The number of alkyl halides is 3. The van der Waals surface area contributed by atoms with Crippen LogP contribution in [0.1, 0.15) is 28.4 Å². The minimum absolute atomic E-state index is 0.0190. The lowest BCUT2D eigenvalue weighted by molar-refractivity contribution is -0.137. The Bertz CT molecular complexity index is 764. The largest absolute Gasteiger partial charge is 0.417 e. The van der Waals surface area contributed by atoms with Gasteiger partial charge in [0.05, 0.1) is 17.7 Å². The van der Waals surface area contributed by atoms with Gasteiger partial charge in [-0.2, -0.15) is 13.2 Å². The van der Waals surface area contributed by atoms with Gasteiger partial charge in [-0.15, -0.1) is 0 Å². The van der Waals surface area contributed by atoms with Crippen LogP contribution in [-0.2, 0) is 16.5 Å². The SMILES string of the molecule is COC(C)(CNC(=O)c1ccccc1C(F)(F)F)c1cccc(Cl)c1. The van der Waals surface area contributed by atoms with E-state index >= 15 is 0 Å². The summed E-state index contributed by atoms with van der Waals surface area (Å²) in [5.41, 5.74) is -1.64. The quantitative estimate of drug-likeness (QED) is 0.830. The van der Waals surface area contributed by atoms with Crippen LogP contribution in [-0.4, -0.2) is 19.6 Å². The maximum absolute atomic E-state index is 13.0. The van der Waals surface area contributed by atoms with E-state index in [1.165, 1.54) is 19.2 Å². The molecule has 1 N–H and O–H groups in total. The highest BCUT2D eigenvalue weighted by atomic mass is 35.5. The number of methoxy groups -OCH3 is 1. The third kappa shape index (κ3) is 4.52. The van der Waals surface area contributed by atoms with Crippen LogP contribution >= 0.6 is 11.6 Å². The fraction of sp³-hybridized carbons (Fsp3) is 0.278. The molecule has 134 valence electrons. The average Bonchev–Trinajstić information content (AvgIpc) is 2.58. The minimum atomic E-state index is -4.61. The summed E-state index contributed by atoms with van der Waals surface area (Å²) in [6, 6.07) is 11.5. The van der Waals surface area contributed by atoms with Crippen LogP contribution in [0.2, 0.25) is 5.02 Å². The van der Waals surface area contributed by atoms with Gasteiger partial charge in [-0.05, 0) is 36.8 Å². The zero-order valence-electron chi connectivity index (χ0n) is 13.7. The summed E-state index contributed by atoms with van der Waals surface area (Å²) in [5, 5.41) is 3.01. The van der Waals surface area contributed by atoms with Crippen LogP contribution in [0.15, 0.2) is 48.5 Å². The third-order valence-corrected chi connectivity index (χ3v) is 4.18. The predicted octanol–water partition coefficient (Wildman–Crippen LogP) is 4.65. The Kier molecular flexibility index (Phi) is 5.75. The summed E-state index contributed by atoms with van der Waals surface area (Å²) in [4.78, 5) is 12.3. The third-order valence-electron chi connectivity index (χ3n) is 3.95. The molecule has 2 rings (SSSR count). The van der Waals surface area contributed by atoms with E-state index in [0.717, 1.165) is 12.1 Å². The number of carbonyl (C=O) groups excluding carboxylic acids is 1. The molecule has 3 nitrogen and oxygen atoms in total. The molecule has 2 aromatic rings. The van der Waals surface area contributed by atoms with Gasteiger partial charge >= 0.3 is 6.18 Å². The van der Waals surface area contributed by atoms with Crippen molar-refractivity contribution >= 4 is 17.5 Å². The summed E-state index contributed by atoms with van der Waals surface area (Å²) in [6.45, 7) is 1.70. The number of nitrogens with one attached hydrogen (secondary N) is 1. The second kappa shape index (κ2) is 7.45. The highest BCUT2D eigenvalue weighted by Crippen LogP contribution is 2.32. The lowest BCUT2D eigenvalue weighted by Gasteiger charge is -2.29. The molecule has 0 saturated carbocycles. The van der Waals surface area contributed by atoms with Crippen molar-refractivity contribution < 1.29 is 22.7 Å². The number of hydrogen-bond acceptors (Lipinski definition) is 2. The topological polar surface area (TPSA) is 38.3 Å². The first-order chi connectivity index (χ1) is 11.7. The molecule has 0 heterocycles. The Hall–Kier alpha value is -2.05. The molecule has 0 saturated heterocycles. The molecule has 0 bridgehead atoms. The van der Waals surface area contributed by atoms with Gasteiger partial charge < -0.3 is 10.1 Å². The number of amides is 1. The van der Waals surface area contributed by atoms with E-state index in [4.69, 9.17) is 16.3 Å². The molecular formula is C18H17ClF3NO2. The van der Waals surface area contributed by atoms with Crippen molar-refractivity contribution in [2.45, 2.75) is 18.7 Å². The number of halogens is 4. The van der Waals surface area contributed by atoms with Crippen LogP contribution in [0.3, 0.4) is 0 Å². The standard InChI is InChI=1S/C18H17ClF3NO2/c1-17(25-2,12-6-5-7-13(19)10-12)11-23-16(24)14-8-3-4-9-15(14)18(20,21)22/h3-10H,11H2,1-2H3,(H,23,24). The molecule has 0 radical (unpaired) electrons. The summed E-state index contributed by atoms with van der Waals surface area (Å²) >= 11 is 5.97. The van der Waals surface area contributed by atoms with Crippen LogP contribution in [0.25, 0.3) is 0 Å². The summed E-state index contributed by atoms with van der Waals surface area (Å²) < 4.78 is 44.6. The summed E-state index contributed by atoms with van der Waals surface area (Å²) in [5.74, 6) is -0.821. The van der Waals surface area contributed by atoms with Crippen LogP contribution in [0.5, 0.6) is 0 Å². The monoisotopic (exact) mass is 371 g/mol. The van der Waals surface area contributed by atoms with Crippen LogP contribution in [0, 0.1) is 0 Å². The van der Waals surface area contributed by atoms with E-state index in [2.05, 4.69) is 5.32 Å². The zero-order valence-corrected chi connectivity index (χ0v) is 14.4. The van der Waals surface area contributed by atoms with Gasteiger partial charge in [0.15, 0.2) is 0 Å². The van der Waals surface area contributed by atoms with Crippen LogP contribution < -0.4 is 5.32 Å². The molecular weight excluding hydrogens is 355 g/mol. The van der Waals surface area contributed by atoms with E-state index in [1.807, 2.05) is 0 Å². The first kappa shape index (κ1) is 19.3. The molecule has 0 fully saturated rings. The molecule has 1 unspecified atom stereocenters. The molecule has 0 aliphatic rings. The van der Waals surface area contributed by atoms with E-state index in [1.54, 1.807) is 31.2 Å². The normalized spacial score (nSPS) is 14.0. The maximum Gasteiger partial charge on any atom is 0.417 e. The molecule has 25 heavy (non-hydrogen) atoms. The summed E-state index contributed by atoms with van der Waals surface area (Å²) in [6.07, 6.45) is -4.61. The van der Waals surface area contributed by atoms with Gasteiger partial charge in [0.25, 0.3) is 5.91 Å². The molecule has 1 atom stereocenters. The van der Waals surface area contributed by atoms with Crippen molar-refractivity contribution in [1.82, 2.24) is 5.32 Å². The first-order valence-electron chi connectivity index (χ1n) is 7.43. The van der Waals surface area contributed by atoms with Crippen molar-refractivity contribution in [1.29, 1.82) is 0 Å². The van der Waals surface area contributed by atoms with Crippen molar-refractivity contribution in [3.63, 3.8) is 0 Å². The minimum Gasteiger partial charge on any atom is -0.372 e. The molecule has 0 spiro atoms. The zero-order chi connectivity index (χ0) is 18.7. The molecule has 0 aliphatic heterocycles. The number of ether oxygens (including phenoxy) is 1. The molecule has 1 amide bonds. The average molecular weight is 372 g/mol. The fourth-order valence-corrected chi connectivity index (χ4v) is 2.57. The second-order valence-corrected chi connectivity index (χ2v) is 6.11. The van der Waals surface area contributed by atoms with Crippen molar-refractivity contribution in [2.75, 3.05) is 13.7 Å². The number of rotatable bonds is 5. The maximum atomic E-state index is 13.0. The Morgan fingerprint density at radius 2 is 1.84 bits per heavy atom. The van der Waals surface area contributed by atoms with Crippen molar-refractivity contribution in [2.24, 2.45) is 0 Å². The Morgan fingerprint density at radius 3 is 2.44 bits per heavy atom. The molecule has 0 aromatic heterocycles.